The van der Waals surface area contributed by atoms with Crippen molar-refractivity contribution in [3.63, 3.8) is 0 Å². The Balaban J connectivity index is 2.48. The molecule has 2 aromatic rings. The van der Waals surface area contributed by atoms with Gasteiger partial charge < -0.3 is 0 Å². The van der Waals surface area contributed by atoms with E-state index in [1.54, 1.807) is 0 Å². The Hall–Kier alpha value is -1.18. The molecule has 0 bridgehead atoms. The van der Waals surface area contributed by atoms with Gasteiger partial charge in [0.1, 0.15) is 0 Å². The molecule has 0 saturated carbocycles. The minimum absolute atomic E-state index is 0.333. The van der Waals surface area contributed by atoms with Crippen LogP contribution in [-0.2, 0) is 10.0 Å². The van der Waals surface area contributed by atoms with E-state index in [0.717, 1.165) is 42.2 Å². The highest BCUT2D eigenvalue weighted by Crippen LogP contribution is 2.29. The van der Waals surface area contributed by atoms with Gasteiger partial charge in [-0.2, -0.15) is 18.4 Å². The van der Waals surface area contributed by atoms with E-state index in [1.807, 2.05) is 53.7 Å². The molecule has 1 heterocycles. The van der Waals surface area contributed by atoms with Crippen molar-refractivity contribution in [3.8, 4) is 0 Å². The minimum atomic E-state index is -3.73. The molecule has 0 unspecified atom stereocenters. The van der Waals surface area contributed by atoms with Crippen LogP contribution in [0.25, 0.3) is 0 Å². The second-order valence-electron chi connectivity index (χ2n) is 6.06. The van der Waals surface area contributed by atoms with E-state index in [0.29, 0.717) is 11.3 Å². The molecular weight excluding hydrogens is 420 g/mol. The number of sulfonamides is 1. The third-order valence-electron chi connectivity index (χ3n) is 4.69. The average Bonchev–Trinajstić information content (AvgIpc) is 2.98. The van der Waals surface area contributed by atoms with Gasteiger partial charge in [-0.15, -0.1) is 11.3 Å². The fraction of sp³-hybridized carbons (Fsp3) is 0.389. The van der Waals surface area contributed by atoms with Gasteiger partial charge in [-0.3, -0.25) is 0 Å². The molecular formula is C18H23BrN2O2S2. The summed E-state index contributed by atoms with van der Waals surface area (Å²) in [6, 6.07) is 3.86. The van der Waals surface area contributed by atoms with Crippen molar-refractivity contribution in [1.29, 1.82) is 0 Å². The number of nitrogens with one attached hydrogen (secondary N) is 1. The molecule has 0 saturated heterocycles. The van der Waals surface area contributed by atoms with Crippen molar-refractivity contribution in [2.75, 3.05) is 0 Å². The first-order valence-corrected chi connectivity index (χ1v) is 11.1. The van der Waals surface area contributed by atoms with E-state index in [2.05, 4.69) is 25.9 Å². The summed E-state index contributed by atoms with van der Waals surface area (Å²) in [6.07, 6.45) is 0.638. The summed E-state index contributed by atoms with van der Waals surface area (Å²) in [5.41, 5.74) is 5.42. The van der Waals surface area contributed by atoms with Gasteiger partial charge in [0.25, 0.3) is 10.0 Å². The molecule has 1 N–H and O–H groups in total. The minimum Gasteiger partial charge on any atom is -0.200 e. The summed E-state index contributed by atoms with van der Waals surface area (Å²) < 4.78 is 26.8. The van der Waals surface area contributed by atoms with Gasteiger partial charge in [-0.05, 0) is 96.9 Å². The van der Waals surface area contributed by atoms with E-state index in [4.69, 9.17) is 0 Å². The van der Waals surface area contributed by atoms with Crippen LogP contribution in [0.1, 0.15) is 46.0 Å². The van der Waals surface area contributed by atoms with Gasteiger partial charge in [0.15, 0.2) is 0 Å². The van der Waals surface area contributed by atoms with Crippen LogP contribution >= 0.6 is 27.3 Å². The number of hydrogen-bond acceptors (Lipinski definition) is 4. The second kappa shape index (κ2) is 7.60. The summed E-state index contributed by atoms with van der Waals surface area (Å²) in [7, 11) is -3.73. The Bertz CT molecular complexity index is 915. The van der Waals surface area contributed by atoms with Crippen LogP contribution in [0, 0.1) is 34.6 Å². The van der Waals surface area contributed by atoms with E-state index in [9.17, 15) is 8.42 Å². The lowest BCUT2D eigenvalue weighted by atomic mass is 9.95. The predicted molar refractivity (Wildman–Crippen MR) is 109 cm³/mol. The standard InChI is InChI=1S/C18H23BrN2O2S2/c1-7-15(16-8-9-17(19)24-16)20-21-25(22,23)18-13(5)11(3)10(2)12(4)14(18)6/h8-9,21H,7H2,1-6H3. The molecule has 0 fully saturated rings. The molecule has 25 heavy (non-hydrogen) atoms. The van der Waals surface area contributed by atoms with E-state index in [-0.39, 0.29) is 0 Å². The van der Waals surface area contributed by atoms with Crippen LogP contribution in [0.15, 0.2) is 25.9 Å². The van der Waals surface area contributed by atoms with Gasteiger partial charge >= 0.3 is 0 Å². The summed E-state index contributed by atoms with van der Waals surface area (Å²) in [4.78, 5) is 3.72. The SMILES string of the molecule is CCC(=NNS(=O)(=O)c1c(C)c(C)c(C)c(C)c1C)c1ccc(Br)s1. The quantitative estimate of drug-likeness (QED) is 0.514. The summed E-state index contributed by atoms with van der Waals surface area (Å²) in [6.45, 7) is 11.6. The monoisotopic (exact) mass is 442 g/mol. The van der Waals surface area contributed by atoms with Crippen molar-refractivity contribution in [3.05, 3.63) is 48.6 Å². The van der Waals surface area contributed by atoms with Crippen molar-refractivity contribution >= 4 is 43.0 Å². The summed E-state index contributed by atoms with van der Waals surface area (Å²) >= 11 is 4.95. The Morgan fingerprint density at radius 1 is 1.04 bits per heavy atom. The third-order valence-corrected chi connectivity index (χ3v) is 7.85. The Morgan fingerprint density at radius 3 is 2.00 bits per heavy atom. The van der Waals surface area contributed by atoms with Crippen LogP contribution in [0.3, 0.4) is 0 Å². The van der Waals surface area contributed by atoms with Crippen LogP contribution < -0.4 is 4.83 Å². The van der Waals surface area contributed by atoms with Crippen LogP contribution in [0.2, 0.25) is 0 Å². The fourth-order valence-electron chi connectivity index (χ4n) is 2.81. The zero-order valence-electron chi connectivity index (χ0n) is 15.3. The smallest absolute Gasteiger partial charge is 0.200 e. The van der Waals surface area contributed by atoms with Crippen molar-refractivity contribution in [2.24, 2.45) is 5.10 Å². The molecule has 0 radical (unpaired) electrons. The van der Waals surface area contributed by atoms with Crippen LogP contribution in [-0.4, -0.2) is 14.1 Å². The number of nitrogens with zero attached hydrogens (tertiary/aromatic N) is 1. The highest BCUT2D eigenvalue weighted by atomic mass is 79.9. The van der Waals surface area contributed by atoms with Gasteiger partial charge in [0.2, 0.25) is 0 Å². The number of thiophene rings is 1. The number of hydrazone groups is 1. The molecule has 1 aromatic carbocycles. The average molecular weight is 443 g/mol. The van der Waals surface area contributed by atoms with Crippen molar-refractivity contribution in [1.82, 2.24) is 4.83 Å². The van der Waals surface area contributed by atoms with E-state index < -0.39 is 10.0 Å². The second-order valence-corrected chi connectivity index (χ2v) is 10.1. The molecule has 0 aliphatic carbocycles. The maximum Gasteiger partial charge on any atom is 0.277 e. The first-order chi connectivity index (χ1) is 11.6. The molecule has 0 spiro atoms. The normalized spacial score (nSPS) is 12.5. The number of rotatable bonds is 5. The highest BCUT2D eigenvalue weighted by molar-refractivity contribution is 9.11. The number of hydrogen-bond donors (Lipinski definition) is 1. The van der Waals surface area contributed by atoms with Gasteiger partial charge in [-0.1, -0.05) is 6.92 Å². The zero-order valence-corrected chi connectivity index (χ0v) is 18.5. The fourth-order valence-corrected chi connectivity index (χ4v) is 5.69. The maximum absolute atomic E-state index is 12.9. The van der Waals surface area contributed by atoms with Crippen molar-refractivity contribution in [2.45, 2.75) is 52.9 Å². The lowest BCUT2D eigenvalue weighted by Crippen LogP contribution is -2.23. The first-order valence-electron chi connectivity index (χ1n) is 8.01. The lowest BCUT2D eigenvalue weighted by Gasteiger charge is -2.18. The Kier molecular flexibility index (Phi) is 6.12. The molecule has 1 aromatic heterocycles. The largest absolute Gasteiger partial charge is 0.277 e. The predicted octanol–water partition coefficient (Wildman–Crippen LogP) is 5.15. The number of halogens is 1. The lowest BCUT2D eigenvalue weighted by molar-refractivity contribution is 0.582. The zero-order chi connectivity index (χ0) is 18.9. The van der Waals surface area contributed by atoms with Crippen LogP contribution in [0.4, 0.5) is 0 Å². The van der Waals surface area contributed by atoms with Gasteiger partial charge in [-0.25, -0.2) is 0 Å². The van der Waals surface area contributed by atoms with Crippen molar-refractivity contribution < 1.29 is 8.42 Å². The maximum atomic E-state index is 12.9. The molecule has 0 atom stereocenters. The number of benzene rings is 1. The topological polar surface area (TPSA) is 58.5 Å². The van der Waals surface area contributed by atoms with Crippen LogP contribution in [0.5, 0.6) is 0 Å². The molecule has 0 aliphatic rings. The summed E-state index contributed by atoms with van der Waals surface area (Å²) in [5, 5.41) is 4.21. The molecule has 136 valence electrons. The van der Waals surface area contributed by atoms with E-state index >= 15 is 0 Å². The Morgan fingerprint density at radius 2 is 1.56 bits per heavy atom. The molecule has 0 amide bonds. The van der Waals surface area contributed by atoms with E-state index in [1.165, 1.54) is 11.3 Å². The molecule has 4 nitrogen and oxygen atoms in total. The highest BCUT2D eigenvalue weighted by Gasteiger charge is 2.23. The summed E-state index contributed by atoms with van der Waals surface area (Å²) in [5.74, 6) is 0. The molecule has 2 rings (SSSR count). The Labute approximate surface area is 162 Å². The third kappa shape index (κ3) is 3.99. The van der Waals surface area contributed by atoms with Gasteiger partial charge in [0.05, 0.1) is 19.3 Å². The van der Waals surface area contributed by atoms with Gasteiger partial charge in [0, 0.05) is 0 Å². The molecule has 7 heteroatoms. The molecule has 0 aliphatic heterocycles. The first kappa shape index (κ1) is 20.1.